The maximum Gasteiger partial charge on any atom is 0.249 e. The quantitative estimate of drug-likeness (QED) is 0.0458. The first kappa shape index (κ1) is 63.4. The molecule has 5 heteroatoms. The summed E-state index contributed by atoms with van der Waals surface area (Å²) in [6.45, 7) is 4.28. The van der Waals surface area contributed by atoms with Crippen LogP contribution in [0.5, 0.6) is 0 Å². The maximum absolute atomic E-state index is 12.6. The van der Waals surface area contributed by atoms with Crippen LogP contribution >= 0.6 is 0 Å². The summed E-state index contributed by atoms with van der Waals surface area (Å²) in [7, 11) is 0. The highest BCUT2D eigenvalue weighted by Gasteiger charge is 2.23. The van der Waals surface area contributed by atoms with Gasteiger partial charge >= 0.3 is 0 Å². The number of hydrogen-bond acceptors (Lipinski definition) is 4. The van der Waals surface area contributed by atoms with E-state index in [1.165, 1.54) is 289 Å². The number of carbonyl (C=O) groups excluding carboxylic acids is 1. The van der Waals surface area contributed by atoms with Crippen molar-refractivity contribution in [1.82, 2.24) is 5.32 Å². The van der Waals surface area contributed by atoms with Crippen molar-refractivity contribution in [2.45, 2.75) is 366 Å². The Morgan fingerprint density at radius 2 is 0.500 bits per heavy atom. The largest absolute Gasteiger partial charge is 0.394 e. The first-order valence-corrected chi connectivity index (χ1v) is 29.8. The van der Waals surface area contributed by atoms with Crippen molar-refractivity contribution in [3.63, 3.8) is 0 Å². The van der Waals surface area contributed by atoms with E-state index in [1.807, 2.05) is 0 Å². The third-order valence-electron chi connectivity index (χ3n) is 14.5. The predicted molar refractivity (Wildman–Crippen MR) is 282 cm³/mol. The molecule has 3 unspecified atom stereocenters. The summed E-state index contributed by atoms with van der Waals surface area (Å²) >= 11 is 0. The number of amides is 1. The van der Waals surface area contributed by atoms with Crippen LogP contribution in [0.25, 0.3) is 0 Å². The summed E-state index contributed by atoms with van der Waals surface area (Å²) in [4.78, 5) is 12.6. The van der Waals surface area contributed by atoms with Gasteiger partial charge in [0.15, 0.2) is 0 Å². The molecule has 3 atom stereocenters. The van der Waals surface area contributed by atoms with Crippen LogP contribution in [-0.4, -0.2) is 46.1 Å². The zero-order valence-electron chi connectivity index (χ0n) is 44.0. The number of rotatable bonds is 56. The lowest BCUT2D eigenvalue weighted by Gasteiger charge is -2.23. The monoisotopic (exact) mass is 906 g/mol. The second-order valence-electron chi connectivity index (χ2n) is 20.9. The molecular weight excluding hydrogens is 787 g/mol. The normalized spacial score (nSPS) is 13.1. The summed E-state index contributed by atoms with van der Waals surface area (Å²) in [5.41, 5.74) is 0. The molecule has 1 amide bonds. The van der Waals surface area contributed by atoms with Crippen LogP contribution in [0.3, 0.4) is 0 Å². The molecule has 0 saturated carbocycles. The summed E-state index contributed by atoms with van der Waals surface area (Å²) in [5, 5.41) is 33.6. The van der Waals surface area contributed by atoms with Gasteiger partial charge in [0, 0.05) is 0 Å². The van der Waals surface area contributed by atoms with Crippen LogP contribution in [0.1, 0.15) is 348 Å². The Morgan fingerprint density at radius 3 is 0.703 bits per heavy atom. The number of nitrogens with one attached hydrogen (secondary N) is 1. The highest BCUT2D eigenvalue weighted by molar-refractivity contribution is 5.80. The minimum absolute atomic E-state index is 0.307. The highest BCUT2D eigenvalue weighted by atomic mass is 16.3. The van der Waals surface area contributed by atoms with Gasteiger partial charge in [0.05, 0.1) is 18.8 Å². The van der Waals surface area contributed by atoms with E-state index in [0.717, 1.165) is 32.1 Å². The van der Waals surface area contributed by atoms with Gasteiger partial charge in [0.25, 0.3) is 0 Å². The Kier molecular flexibility index (Phi) is 54.4. The molecule has 0 aromatic rings. The Hall–Kier alpha value is -0.650. The second-order valence-corrected chi connectivity index (χ2v) is 20.9. The van der Waals surface area contributed by atoms with Crippen molar-refractivity contribution in [2.75, 3.05) is 6.61 Å². The van der Waals surface area contributed by atoms with E-state index in [2.05, 4.69) is 19.2 Å². The highest BCUT2D eigenvalue weighted by Crippen LogP contribution is 2.19. The molecule has 0 aliphatic heterocycles. The molecule has 0 spiro atoms. The zero-order chi connectivity index (χ0) is 46.5. The van der Waals surface area contributed by atoms with Gasteiger partial charge in [-0.2, -0.15) is 0 Å². The molecule has 0 aromatic heterocycles. The van der Waals surface area contributed by atoms with E-state index in [9.17, 15) is 20.1 Å². The van der Waals surface area contributed by atoms with Crippen molar-refractivity contribution in [2.24, 2.45) is 0 Å². The van der Waals surface area contributed by atoms with E-state index < -0.39 is 24.2 Å². The summed E-state index contributed by atoms with van der Waals surface area (Å²) < 4.78 is 0. The molecule has 0 aromatic carbocycles. The third kappa shape index (κ3) is 49.3. The smallest absolute Gasteiger partial charge is 0.249 e. The summed E-state index contributed by atoms with van der Waals surface area (Å²) in [5.74, 6) is -0.461. The fourth-order valence-electron chi connectivity index (χ4n) is 9.84. The number of aliphatic hydroxyl groups excluding tert-OH is 3. The fraction of sp³-hybridized carbons (Fsp3) is 0.983. The number of carbonyl (C=O) groups is 1. The minimum Gasteiger partial charge on any atom is -0.394 e. The average Bonchev–Trinajstić information content (AvgIpc) is 3.30. The molecule has 384 valence electrons. The van der Waals surface area contributed by atoms with Gasteiger partial charge in [-0.05, 0) is 12.8 Å². The molecular formula is C59H119NO4. The van der Waals surface area contributed by atoms with Crippen LogP contribution in [-0.2, 0) is 4.79 Å². The predicted octanol–water partition coefficient (Wildman–Crippen LogP) is 18.5. The summed E-state index contributed by atoms with van der Waals surface area (Å²) in [6.07, 6.45) is 67.3. The molecule has 5 nitrogen and oxygen atoms in total. The third-order valence-corrected chi connectivity index (χ3v) is 14.5. The van der Waals surface area contributed by atoms with Gasteiger partial charge < -0.3 is 20.6 Å². The zero-order valence-corrected chi connectivity index (χ0v) is 44.0. The van der Waals surface area contributed by atoms with Gasteiger partial charge in [0.1, 0.15) is 6.10 Å². The Labute approximate surface area is 402 Å². The van der Waals surface area contributed by atoms with E-state index >= 15 is 0 Å². The second kappa shape index (κ2) is 55.0. The molecule has 4 N–H and O–H groups in total. The van der Waals surface area contributed by atoms with Gasteiger partial charge in [-0.1, -0.05) is 335 Å². The van der Waals surface area contributed by atoms with Crippen molar-refractivity contribution in [3.05, 3.63) is 0 Å². The van der Waals surface area contributed by atoms with Gasteiger partial charge in [0.2, 0.25) is 5.91 Å². The lowest BCUT2D eigenvalue weighted by molar-refractivity contribution is -0.131. The standard InChI is InChI=1S/C59H119NO4/c1-3-5-7-9-11-13-15-17-19-21-23-25-27-28-29-30-32-34-36-38-40-42-44-46-48-50-52-54-58(63)59(64)60-56(55-61)57(62)53-51-49-47-45-43-41-39-37-35-33-31-26-24-22-20-18-16-14-12-10-8-6-4-2/h56-58,61-63H,3-55H2,1-2H3,(H,60,64). The van der Waals surface area contributed by atoms with Crippen molar-refractivity contribution >= 4 is 5.91 Å². The molecule has 0 fully saturated rings. The van der Waals surface area contributed by atoms with Crippen molar-refractivity contribution in [3.8, 4) is 0 Å². The van der Waals surface area contributed by atoms with Crippen molar-refractivity contribution < 1.29 is 20.1 Å². The lowest BCUT2D eigenvalue weighted by atomic mass is 10.0. The van der Waals surface area contributed by atoms with E-state index in [-0.39, 0.29) is 6.61 Å². The topological polar surface area (TPSA) is 89.8 Å². The first-order valence-electron chi connectivity index (χ1n) is 29.8. The van der Waals surface area contributed by atoms with E-state index in [4.69, 9.17) is 0 Å². The van der Waals surface area contributed by atoms with Gasteiger partial charge in [-0.25, -0.2) is 0 Å². The van der Waals surface area contributed by atoms with Crippen LogP contribution in [0, 0.1) is 0 Å². The molecule has 0 bridgehead atoms. The lowest BCUT2D eigenvalue weighted by Crippen LogP contribution is -2.49. The van der Waals surface area contributed by atoms with Crippen LogP contribution in [0.2, 0.25) is 0 Å². The molecule has 0 saturated heterocycles. The molecule has 0 aliphatic rings. The van der Waals surface area contributed by atoms with Crippen LogP contribution < -0.4 is 5.32 Å². The SMILES string of the molecule is CCCCCCCCCCCCCCCCCCCCCCCCCCCCCC(O)C(=O)NC(CO)C(O)CCCCCCCCCCCCCCCCCCCCCCCCC. The Bertz CT molecular complexity index is 868. The van der Waals surface area contributed by atoms with Gasteiger partial charge in [-0.15, -0.1) is 0 Å². The molecule has 64 heavy (non-hydrogen) atoms. The number of unbranched alkanes of at least 4 members (excludes halogenated alkanes) is 48. The molecule has 0 heterocycles. The number of aliphatic hydroxyl groups is 3. The van der Waals surface area contributed by atoms with E-state index in [1.54, 1.807) is 0 Å². The summed E-state index contributed by atoms with van der Waals surface area (Å²) in [6, 6.07) is -0.708. The van der Waals surface area contributed by atoms with Crippen LogP contribution in [0.15, 0.2) is 0 Å². The molecule has 0 aliphatic carbocycles. The molecule has 0 rings (SSSR count). The van der Waals surface area contributed by atoms with Crippen LogP contribution in [0.4, 0.5) is 0 Å². The van der Waals surface area contributed by atoms with Crippen molar-refractivity contribution in [1.29, 1.82) is 0 Å². The van der Waals surface area contributed by atoms with E-state index in [0.29, 0.717) is 12.8 Å². The minimum atomic E-state index is -1.07. The molecule has 0 radical (unpaired) electrons. The average molecular weight is 907 g/mol. The maximum atomic E-state index is 12.6. The first-order chi connectivity index (χ1) is 31.6. The Balaban J connectivity index is 3.47. The number of hydrogen-bond donors (Lipinski definition) is 4. The van der Waals surface area contributed by atoms with Gasteiger partial charge in [-0.3, -0.25) is 4.79 Å². The Morgan fingerprint density at radius 1 is 0.312 bits per heavy atom. The fourth-order valence-corrected chi connectivity index (χ4v) is 9.84.